The van der Waals surface area contributed by atoms with Crippen LogP contribution in [0.1, 0.15) is 51.2 Å². The lowest BCUT2D eigenvalue weighted by Crippen LogP contribution is -2.32. The van der Waals surface area contributed by atoms with Gasteiger partial charge in [0.1, 0.15) is 5.75 Å². The number of aryl methyl sites for hydroxylation is 2. The second-order valence-corrected chi connectivity index (χ2v) is 9.69. The Bertz CT molecular complexity index is 999. The van der Waals surface area contributed by atoms with Gasteiger partial charge in [0, 0.05) is 18.8 Å². The second kappa shape index (κ2) is 10.3. The molecule has 1 N–H and O–H groups in total. The highest BCUT2D eigenvalue weighted by atomic mass is 32.2. The third-order valence-corrected chi connectivity index (χ3v) is 7.79. The number of fused-ring (bicyclic) bond motifs is 1. The van der Waals surface area contributed by atoms with Crippen molar-refractivity contribution in [2.24, 2.45) is 0 Å². The number of sulfonamides is 1. The van der Waals surface area contributed by atoms with Gasteiger partial charge in [-0.25, -0.2) is 8.42 Å². The first-order valence-electron chi connectivity index (χ1n) is 11.1. The maximum atomic E-state index is 12.8. The van der Waals surface area contributed by atoms with Crippen molar-refractivity contribution in [2.45, 2.75) is 63.9 Å². The predicted octanol–water partition coefficient (Wildman–Crippen LogP) is 4.39. The van der Waals surface area contributed by atoms with E-state index in [1.165, 1.54) is 40.4 Å². The van der Waals surface area contributed by atoms with Crippen LogP contribution in [0.25, 0.3) is 0 Å². The van der Waals surface area contributed by atoms with Gasteiger partial charge in [0.15, 0.2) is 6.10 Å². The number of rotatable bonds is 9. The Morgan fingerprint density at radius 3 is 2.26 bits per heavy atom. The fourth-order valence-electron chi connectivity index (χ4n) is 3.92. The Balaban J connectivity index is 1.67. The van der Waals surface area contributed by atoms with Crippen molar-refractivity contribution in [3.8, 4) is 5.75 Å². The predicted molar refractivity (Wildman–Crippen MR) is 123 cm³/mol. The van der Waals surface area contributed by atoms with Gasteiger partial charge in [-0.15, -0.1) is 0 Å². The highest BCUT2D eigenvalue weighted by Gasteiger charge is 2.23. The Morgan fingerprint density at radius 2 is 1.65 bits per heavy atom. The number of nitrogens with zero attached hydrogens (tertiary/aromatic N) is 1. The largest absolute Gasteiger partial charge is 0.481 e. The van der Waals surface area contributed by atoms with Crippen LogP contribution in [0.4, 0.5) is 5.69 Å². The summed E-state index contributed by atoms with van der Waals surface area (Å²) < 4.78 is 32.6. The number of amides is 1. The molecule has 0 saturated carbocycles. The van der Waals surface area contributed by atoms with Crippen LogP contribution >= 0.6 is 0 Å². The van der Waals surface area contributed by atoms with Crippen molar-refractivity contribution in [1.29, 1.82) is 0 Å². The molecule has 3 rings (SSSR count). The molecule has 1 amide bonds. The molecule has 0 fully saturated rings. The van der Waals surface area contributed by atoms with E-state index in [2.05, 4.69) is 17.4 Å². The smallest absolute Gasteiger partial charge is 0.265 e. The van der Waals surface area contributed by atoms with E-state index >= 15 is 0 Å². The molecular weight excluding hydrogens is 412 g/mol. The van der Waals surface area contributed by atoms with E-state index < -0.39 is 16.1 Å². The SMILES string of the molecule is CCC(Oc1ccc2c(c1)CCCC2)C(=O)Nc1ccc(S(=O)(=O)N(CC)CC)cc1. The Morgan fingerprint density at radius 1 is 1.00 bits per heavy atom. The number of hydrogen-bond donors (Lipinski definition) is 1. The van der Waals surface area contributed by atoms with Gasteiger partial charge < -0.3 is 10.1 Å². The molecule has 0 aliphatic heterocycles. The molecule has 0 bridgehead atoms. The molecule has 0 heterocycles. The van der Waals surface area contributed by atoms with Crippen LogP contribution < -0.4 is 10.1 Å². The summed E-state index contributed by atoms with van der Waals surface area (Å²) in [5.41, 5.74) is 3.22. The fraction of sp³-hybridized carbons (Fsp3) is 0.458. The first-order valence-corrected chi connectivity index (χ1v) is 12.5. The third-order valence-electron chi connectivity index (χ3n) is 5.73. The zero-order chi connectivity index (χ0) is 22.4. The summed E-state index contributed by atoms with van der Waals surface area (Å²) >= 11 is 0. The Kier molecular flexibility index (Phi) is 7.73. The summed E-state index contributed by atoms with van der Waals surface area (Å²) in [5, 5.41) is 2.84. The van der Waals surface area contributed by atoms with E-state index in [-0.39, 0.29) is 10.8 Å². The van der Waals surface area contributed by atoms with E-state index in [1.807, 2.05) is 26.8 Å². The number of hydrogen-bond acceptors (Lipinski definition) is 4. The van der Waals surface area contributed by atoms with Crippen LogP contribution in [-0.2, 0) is 27.7 Å². The van der Waals surface area contributed by atoms with Gasteiger partial charge >= 0.3 is 0 Å². The summed E-state index contributed by atoms with van der Waals surface area (Å²) in [6.45, 7) is 6.35. The highest BCUT2D eigenvalue weighted by molar-refractivity contribution is 7.89. The second-order valence-electron chi connectivity index (χ2n) is 7.76. The van der Waals surface area contributed by atoms with Crippen molar-refractivity contribution in [3.05, 3.63) is 53.6 Å². The number of carbonyl (C=O) groups excluding carboxylic acids is 1. The minimum atomic E-state index is -3.52. The molecule has 1 atom stereocenters. The molecule has 6 nitrogen and oxygen atoms in total. The van der Waals surface area contributed by atoms with Crippen LogP contribution in [0.15, 0.2) is 47.4 Å². The summed E-state index contributed by atoms with van der Waals surface area (Å²) in [5.74, 6) is 0.461. The van der Waals surface area contributed by atoms with Gasteiger partial charge in [-0.3, -0.25) is 4.79 Å². The molecule has 0 saturated heterocycles. The van der Waals surface area contributed by atoms with E-state index in [4.69, 9.17) is 4.74 Å². The standard InChI is InChI=1S/C24H32N2O4S/c1-4-23(30-21-14-11-18-9-7-8-10-19(18)17-21)24(27)25-20-12-15-22(16-13-20)31(28,29)26(5-2)6-3/h11-17,23H,4-10H2,1-3H3,(H,25,27). The average molecular weight is 445 g/mol. The molecule has 2 aromatic rings. The van der Waals surface area contributed by atoms with Crippen LogP contribution in [-0.4, -0.2) is 37.8 Å². The molecule has 0 aromatic heterocycles. The Labute approximate surface area is 185 Å². The molecular formula is C24H32N2O4S. The lowest BCUT2D eigenvalue weighted by atomic mass is 9.92. The molecule has 1 aliphatic carbocycles. The monoisotopic (exact) mass is 444 g/mol. The minimum absolute atomic E-state index is 0.214. The minimum Gasteiger partial charge on any atom is -0.481 e. The molecule has 168 valence electrons. The number of carbonyl (C=O) groups is 1. The van der Waals surface area contributed by atoms with Gasteiger partial charge in [0.25, 0.3) is 5.91 Å². The van der Waals surface area contributed by atoms with Gasteiger partial charge in [-0.1, -0.05) is 26.8 Å². The quantitative estimate of drug-likeness (QED) is 0.622. The zero-order valence-electron chi connectivity index (χ0n) is 18.6. The van der Waals surface area contributed by atoms with Crippen molar-refractivity contribution < 1.29 is 17.9 Å². The summed E-state index contributed by atoms with van der Waals surface area (Å²) in [7, 11) is -3.52. The van der Waals surface area contributed by atoms with Crippen molar-refractivity contribution >= 4 is 21.6 Å². The molecule has 2 aromatic carbocycles. The highest BCUT2D eigenvalue weighted by Crippen LogP contribution is 2.26. The van der Waals surface area contributed by atoms with E-state index in [0.29, 0.717) is 30.9 Å². The lowest BCUT2D eigenvalue weighted by molar-refractivity contribution is -0.122. The maximum Gasteiger partial charge on any atom is 0.265 e. The number of anilines is 1. The van der Waals surface area contributed by atoms with Crippen LogP contribution in [0, 0.1) is 0 Å². The molecule has 1 unspecified atom stereocenters. The van der Waals surface area contributed by atoms with Crippen LogP contribution in [0.5, 0.6) is 5.75 Å². The molecule has 0 radical (unpaired) electrons. The van der Waals surface area contributed by atoms with Crippen LogP contribution in [0.3, 0.4) is 0 Å². The van der Waals surface area contributed by atoms with Gasteiger partial charge in [0.05, 0.1) is 4.90 Å². The van der Waals surface area contributed by atoms with E-state index in [0.717, 1.165) is 12.8 Å². The number of nitrogens with one attached hydrogen (secondary N) is 1. The molecule has 0 spiro atoms. The maximum absolute atomic E-state index is 12.8. The molecule has 1 aliphatic rings. The van der Waals surface area contributed by atoms with Crippen molar-refractivity contribution in [1.82, 2.24) is 4.31 Å². The van der Waals surface area contributed by atoms with Gasteiger partial charge in [-0.05, 0) is 79.6 Å². The first-order chi connectivity index (χ1) is 14.9. The third kappa shape index (κ3) is 5.46. The van der Waals surface area contributed by atoms with Crippen molar-refractivity contribution in [3.63, 3.8) is 0 Å². The van der Waals surface area contributed by atoms with Gasteiger partial charge in [0.2, 0.25) is 10.0 Å². The van der Waals surface area contributed by atoms with E-state index in [1.54, 1.807) is 12.1 Å². The summed E-state index contributed by atoms with van der Waals surface area (Å²) in [6.07, 6.45) is 4.47. The number of ether oxygens (including phenoxy) is 1. The topological polar surface area (TPSA) is 75.7 Å². The molecule has 7 heteroatoms. The number of benzene rings is 2. The normalized spacial score (nSPS) is 14.7. The van der Waals surface area contributed by atoms with Gasteiger partial charge in [-0.2, -0.15) is 4.31 Å². The van der Waals surface area contributed by atoms with E-state index in [9.17, 15) is 13.2 Å². The first kappa shape index (κ1) is 23.3. The average Bonchev–Trinajstić information content (AvgIpc) is 2.78. The zero-order valence-corrected chi connectivity index (χ0v) is 19.4. The summed E-state index contributed by atoms with van der Waals surface area (Å²) in [4.78, 5) is 13.0. The summed E-state index contributed by atoms with van der Waals surface area (Å²) in [6, 6.07) is 12.4. The van der Waals surface area contributed by atoms with Crippen LogP contribution in [0.2, 0.25) is 0 Å². The lowest BCUT2D eigenvalue weighted by Gasteiger charge is -2.21. The fourth-order valence-corrected chi connectivity index (χ4v) is 5.37. The van der Waals surface area contributed by atoms with Crippen molar-refractivity contribution in [2.75, 3.05) is 18.4 Å². The Hall–Kier alpha value is -2.38. The molecule has 31 heavy (non-hydrogen) atoms.